The molecule has 0 saturated heterocycles. The van der Waals surface area contributed by atoms with Crippen LogP contribution in [0.4, 0.5) is 5.69 Å². The Hall–Kier alpha value is -1.35. The lowest BCUT2D eigenvalue weighted by Gasteiger charge is -2.16. The minimum Gasteiger partial charge on any atom is -0.388 e. The number of nitrogens with one attached hydrogen (secondary N) is 1. The number of hydrogen-bond donors (Lipinski definition) is 1. The van der Waals surface area contributed by atoms with Gasteiger partial charge in [-0.15, -0.1) is 0 Å². The molecule has 17 heavy (non-hydrogen) atoms. The quantitative estimate of drug-likeness (QED) is 0.795. The molecule has 0 unspecified atom stereocenters. The second kappa shape index (κ2) is 5.32. The van der Waals surface area contributed by atoms with Crippen LogP contribution in [0.3, 0.4) is 0 Å². The lowest BCUT2D eigenvalue weighted by molar-refractivity contribution is -0.544. The van der Waals surface area contributed by atoms with Crippen LogP contribution in [0.2, 0.25) is 0 Å². The number of rotatable bonds is 3. The van der Waals surface area contributed by atoms with Crippen LogP contribution in [0.25, 0.3) is 0 Å². The van der Waals surface area contributed by atoms with Gasteiger partial charge in [0.15, 0.2) is 12.8 Å². The maximum Gasteiger partial charge on any atom is 0.168 e. The van der Waals surface area contributed by atoms with Gasteiger partial charge in [-0.25, -0.2) is 4.58 Å². The fourth-order valence-corrected chi connectivity index (χ4v) is 2.16. The molecule has 1 aliphatic rings. The zero-order valence-electron chi connectivity index (χ0n) is 11.0. The van der Waals surface area contributed by atoms with Crippen molar-refractivity contribution in [1.29, 1.82) is 0 Å². The molecule has 1 aromatic rings. The number of nitrogens with zero attached hydrogens (tertiary/aromatic N) is 2. The van der Waals surface area contributed by atoms with Crippen LogP contribution >= 0.6 is 0 Å². The molecule has 2 rings (SSSR count). The molecule has 0 fully saturated rings. The van der Waals surface area contributed by atoms with Crippen LogP contribution in [0, 0.1) is 0 Å². The fraction of sp³-hybridized carbons (Fsp3) is 0.500. The third-order valence-corrected chi connectivity index (χ3v) is 3.24. The first-order valence-corrected chi connectivity index (χ1v) is 6.20. The van der Waals surface area contributed by atoms with Crippen LogP contribution in [-0.4, -0.2) is 49.9 Å². The van der Waals surface area contributed by atoms with E-state index in [0.717, 1.165) is 26.1 Å². The van der Waals surface area contributed by atoms with Crippen molar-refractivity contribution in [3.05, 3.63) is 29.3 Å². The molecule has 3 nitrogen and oxygen atoms in total. The van der Waals surface area contributed by atoms with E-state index in [2.05, 4.69) is 53.3 Å². The SMILES string of the molecule is CNc1ccc2c(c1)CC[N+](=CCN(C)C)C2. The highest BCUT2D eigenvalue weighted by Gasteiger charge is 2.17. The molecule has 0 aliphatic carbocycles. The van der Waals surface area contributed by atoms with Gasteiger partial charge in [0.1, 0.15) is 6.54 Å². The fourth-order valence-electron chi connectivity index (χ4n) is 2.16. The van der Waals surface area contributed by atoms with Crippen LogP contribution in [0.15, 0.2) is 18.2 Å². The lowest BCUT2D eigenvalue weighted by atomic mass is 10.00. The molecule has 0 amide bonds. The average Bonchev–Trinajstić information content (AvgIpc) is 2.35. The largest absolute Gasteiger partial charge is 0.388 e. The van der Waals surface area contributed by atoms with E-state index in [1.807, 2.05) is 7.05 Å². The summed E-state index contributed by atoms with van der Waals surface area (Å²) >= 11 is 0. The predicted molar refractivity (Wildman–Crippen MR) is 73.1 cm³/mol. The maximum atomic E-state index is 3.20. The highest BCUT2D eigenvalue weighted by atomic mass is 15.1. The van der Waals surface area contributed by atoms with Crippen LogP contribution in [-0.2, 0) is 13.0 Å². The highest BCUT2D eigenvalue weighted by molar-refractivity contribution is 5.54. The summed E-state index contributed by atoms with van der Waals surface area (Å²) in [4.78, 5) is 2.19. The topological polar surface area (TPSA) is 18.3 Å². The first-order chi connectivity index (χ1) is 8.19. The van der Waals surface area contributed by atoms with Gasteiger partial charge in [-0.3, -0.25) is 0 Å². The van der Waals surface area contributed by atoms with Crippen molar-refractivity contribution >= 4 is 11.9 Å². The third kappa shape index (κ3) is 3.07. The molecular weight excluding hydrogens is 210 g/mol. The maximum absolute atomic E-state index is 3.20. The van der Waals surface area contributed by atoms with E-state index in [1.54, 1.807) is 0 Å². The monoisotopic (exact) mass is 232 g/mol. The van der Waals surface area contributed by atoms with E-state index in [-0.39, 0.29) is 0 Å². The standard InChI is InChI=1S/C14H22N3/c1-15-14-5-4-13-11-17(9-8-16(2)3)7-6-12(13)10-14/h4-5,9-10,15H,6-8,11H2,1-3H3/q+1. The first-order valence-electron chi connectivity index (χ1n) is 6.20. The Morgan fingerprint density at radius 3 is 2.88 bits per heavy atom. The Labute approximate surface area is 104 Å². The van der Waals surface area contributed by atoms with Crippen molar-refractivity contribution < 1.29 is 4.58 Å². The van der Waals surface area contributed by atoms with Crippen molar-refractivity contribution in [2.24, 2.45) is 0 Å². The summed E-state index contributed by atoms with van der Waals surface area (Å²) < 4.78 is 2.42. The number of benzene rings is 1. The molecular formula is C14H22N3+. The van der Waals surface area contributed by atoms with Gasteiger partial charge in [0, 0.05) is 24.7 Å². The summed E-state index contributed by atoms with van der Waals surface area (Å²) in [7, 11) is 6.18. The van der Waals surface area contributed by atoms with E-state index in [9.17, 15) is 0 Å². The summed E-state index contributed by atoms with van der Waals surface area (Å²) in [6.07, 6.45) is 3.45. The van der Waals surface area contributed by atoms with E-state index in [1.165, 1.54) is 16.8 Å². The van der Waals surface area contributed by atoms with Gasteiger partial charge in [0.25, 0.3) is 0 Å². The van der Waals surface area contributed by atoms with E-state index >= 15 is 0 Å². The van der Waals surface area contributed by atoms with Gasteiger partial charge in [-0.1, -0.05) is 6.07 Å². The predicted octanol–water partition coefficient (Wildman–Crippen LogP) is 1.43. The zero-order chi connectivity index (χ0) is 12.3. The molecule has 0 atom stereocenters. The molecule has 1 N–H and O–H groups in total. The van der Waals surface area contributed by atoms with Crippen molar-refractivity contribution in [1.82, 2.24) is 4.90 Å². The number of fused-ring (bicyclic) bond motifs is 1. The van der Waals surface area contributed by atoms with Crippen molar-refractivity contribution in [3.8, 4) is 0 Å². The summed E-state index contributed by atoms with van der Waals surface area (Å²) in [6.45, 7) is 3.20. The highest BCUT2D eigenvalue weighted by Crippen LogP contribution is 2.20. The van der Waals surface area contributed by atoms with E-state index in [4.69, 9.17) is 0 Å². The summed E-state index contributed by atoms with van der Waals surface area (Å²) in [6, 6.07) is 6.68. The molecule has 1 aliphatic heterocycles. The lowest BCUT2D eigenvalue weighted by Crippen LogP contribution is -2.27. The Morgan fingerprint density at radius 2 is 2.18 bits per heavy atom. The molecule has 92 valence electrons. The zero-order valence-corrected chi connectivity index (χ0v) is 11.0. The second-order valence-corrected chi connectivity index (χ2v) is 4.90. The Bertz CT molecular complexity index is 421. The van der Waals surface area contributed by atoms with Gasteiger partial charge in [0.05, 0.1) is 6.54 Å². The van der Waals surface area contributed by atoms with E-state index < -0.39 is 0 Å². The Balaban J connectivity index is 2.11. The minimum atomic E-state index is 1.02. The molecule has 3 heteroatoms. The molecule has 0 spiro atoms. The average molecular weight is 232 g/mol. The van der Waals surface area contributed by atoms with Gasteiger partial charge in [0.2, 0.25) is 0 Å². The van der Waals surface area contributed by atoms with Crippen molar-refractivity contribution in [3.63, 3.8) is 0 Å². The van der Waals surface area contributed by atoms with Gasteiger partial charge in [-0.05, 0) is 31.8 Å². The molecule has 1 heterocycles. The molecule has 0 radical (unpaired) electrons. The van der Waals surface area contributed by atoms with Gasteiger partial charge < -0.3 is 10.2 Å². The van der Waals surface area contributed by atoms with Crippen molar-refractivity contribution in [2.75, 3.05) is 39.5 Å². The summed E-state index contributed by atoms with van der Waals surface area (Å²) in [5.41, 5.74) is 4.17. The smallest absolute Gasteiger partial charge is 0.168 e. The molecule has 0 bridgehead atoms. The number of hydrogen-bond acceptors (Lipinski definition) is 2. The van der Waals surface area contributed by atoms with Crippen LogP contribution in [0.1, 0.15) is 11.1 Å². The minimum absolute atomic E-state index is 1.02. The molecule has 1 aromatic carbocycles. The second-order valence-electron chi connectivity index (χ2n) is 4.90. The van der Waals surface area contributed by atoms with Gasteiger partial charge in [-0.2, -0.15) is 0 Å². The van der Waals surface area contributed by atoms with Crippen LogP contribution in [0.5, 0.6) is 0 Å². The normalized spacial score (nSPS) is 17.3. The Morgan fingerprint density at radius 1 is 1.35 bits per heavy atom. The van der Waals surface area contributed by atoms with Crippen LogP contribution < -0.4 is 5.32 Å². The summed E-state index contributed by atoms with van der Waals surface area (Å²) in [5, 5.41) is 3.20. The summed E-state index contributed by atoms with van der Waals surface area (Å²) in [5.74, 6) is 0. The third-order valence-electron chi connectivity index (χ3n) is 3.24. The van der Waals surface area contributed by atoms with E-state index in [0.29, 0.717) is 0 Å². The number of anilines is 1. The first kappa shape index (κ1) is 12.1. The molecule has 0 aromatic heterocycles. The van der Waals surface area contributed by atoms with Gasteiger partial charge >= 0.3 is 0 Å². The Kier molecular flexibility index (Phi) is 3.79. The van der Waals surface area contributed by atoms with Crippen molar-refractivity contribution in [2.45, 2.75) is 13.0 Å². The molecule has 0 saturated carbocycles.